The van der Waals surface area contributed by atoms with Crippen LogP contribution in [0.5, 0.6) is 0 Å². The molecule has 4 heterocycles. The molecule has 1 aromatic carbocycles. The van der Waals surface area contributed by atoms with E-state index in [1.54, 1.807) is 23.1 Å². The van der Waals surface area contributed by atoms with E-state index >= 15 is 0 Å². The van der Waals surface area contributed by atoms with E-state index in [9.17, 15) is 23.1 Å². The standard InChI is InChI=1S/C31H37N5O5S2/c1-21-18-34(15-14-32-21)28-13-12-24(17-33-28)43(40,41)35-19-26(22-8-4-2-5-9-22)36(29(37)20-35)25-16-27(42-30(25)31(38)39)23-10-6-3-7-11-23/h3,6-7,10-13,16-17,21-22,26,32H,2,4-5,8-9,14-15,18-20H2,1H3,(H,38,39). The monoisotopic (exact) mass is 623 g/mol. The number of aromatic nitrogens is 1. The predicted octanol–water partition coefficient (Wildman–Crippen LogP) is 4.29. The number of carboxylic acids is 1. The summed E-state index contributed by atoms with van der Waals surface area (Å²) in [7, 11) is -4.02. The summed E-state index contributed by atoms with van der Waals surface area (Å²) in [5.41, 5.74) is 1.22. The van der Waals surface area contributed by atoms with Gasteiger partial charge in [0.25, 0.3) is 0 Å². The number of amides is 1. The van der Waals surface area contributed by atoms with E-state index in [-0.39, 0.29) is 28.8 Å². The lowest BCUT2D eigenvalue weighted by Crippen LogP contribution is -2.60. The lowest BCUT2D eigenvalue weighted by molar-refractivity contribution is -0.121. The molecule has 0 radical (unpaired) electrons. The number of thiophene rings is 1. The number of carboxylic acid groups (broad SMARTS) is 1. The molecule has 3 fully saturated rings. The van der Waals surface area contributed by atoms with Gasteiger partial charge in [-0.25, -0.2) is 18.2 Å². The van der Waals surface area contributed by atoms with Crippen molar-refractivity contribution in [3.8, 4) is 10.4 Å². The topological polar surface area (TPSA) is 123 Å². The zero-order valence-electron chi connectivity index (χ0n) is 24.2. The molecule has 0 spiro atoms. The minimum Gasteiger partial charge on any atom is -0.477 e. The number of hydrogen-bond donors (Lipinski definition) is 2. The van der Waals surface area contributed by atoms with Crippen molar-refractivity contribution in [2.75, 3.05) is 42.5 Å². The van der Waals surface area contributed by atoms with Gasteiger partial charge in [-0.05, 0) is 49.4 Å². The van der Waals surface area contributed by atoms with Crippen LogP contribution in [0.1, 0.15) is 48.7 Å². The second-order valence-electron chi connectivity index (χ2n) is 11.7. The smallest absolute Gasteiger partial charge is 0.348 e. The molecular weight excluding hydrogens is 587 g/mol. The van der Waals surface area contributed by atoms with E-state index < -0.39 is 27.9 Å². The van der Waals surface area contributed by atoms with Crippen LogP contribution >= 0.6 is 11.3 Å². The van der Waals surface area contributed by atoms with Crippen LogP contribution in [0, 0.1) is 5.92 Å². The van der Waals surface area contributed by atoms with Gasteiger partial charge < -0.3 is 20.2 Å². The molecule has 0 bridgehead atoms. The van der Waals surface area contributed by atoms with Gasteiger partial charge in [0.15, 0.2) is 0 Å². The van der Waals surface area contributed by atoms with Crippen LogP contribution in [-0.2, 0) is 14.8 Å². The number of carbonyl (C=O) groups is 2. The Morgan fingerprint density at radius 1 is 1.07 bits per heavy atom. The Bertz CT molecular complexity index is 1570. The van der Waals surface area contributed by atoms with Crippen LogP contribution < -0.4 is 15.1 Å². The van der Waals surface area contributed by atoms with Crippen molar-refractivity contribution >= 4 is 44.7 Å². The van der Waals surface area contributed by atoms with Gasteiger partial charge in [-0.1, -0.05) is 49.6 Å². The quantitative estimate of drug-likeness (QED) is 0.400. The predicted molar refractivity (Wildman–Crippen MR) is 167 cm³/mol. The van der Waals surface area contributed by atoms with Crippen molar-refractivity contribution < 1.29 is 23.1 Å². The molecule has 1 amide bonds. The molecule has 1 saturated carbocycles. The molecule has 2 N–H and O–H groups in total. The van der Waals surface area contributed by atoms with Crippen LogP contribution in [0.2, 0.25) is 0 Å². The molecule has 1 aliphatic carbocycles. The fourth-order valence-electron chi connectivity index (χ4n) is 6.60. The maximum Gasteiger partial charge on any atom is 0.348 e. The third-order valence-corrected chi connectivity index (χ3v) is 11.7. The minimum absolute atomic E-state index is 0.0520. The van der Waals surface area contributed by atoms with Crippen LogP contribution in [-0.4, -0.2) is 79.5 Å². The van der Waals surface area contributed by atoms with E-state index in [0.717, 1.165) is 79.3 Å². The lowest BCUT2D eigenvalue weighted by Gasteiger charge is -2.44. The number of carbonyl (C=O) groups excluding carboxylic acids is 1. The van der Waals surface area contributed by atoms with Crippen molar-refractivity contribution in [2.45, 2.75) is 56.0 Å². The van der Waals surface area contributed by atoms with Gasteiger partial charge >= 0.3 is 5.97 Å². The average Bonchev–Trinajstić information content (AvgIpc) is 3.47. The molecule has 12 heteroatoms. The van der Waals surface area contributed by atoms with E-state index in [4.69, 9.17) is 0 Å². The molecule has 6 rings (SSSR count). The molecule has 2 aromatic heterocycles. The molecular formula is C31H37N5O5S2. The molecule has 2 atom stereocenters. The van der Waals surface area contributed by atoms with Crippen molar-refractivity contribution in [3.05, 3.63) is 59.6 Å². The largest absolute Gasteiger partial charge is 0.477 e. The minimum atomic E-state index is -4.02. The number of aromatic carboxylic acids is 1. The number of pyridine rings is 1. The summed E-state index contributed by atoms with van der Waals surface area (Å²) in [6.45, 7) is 4.24. The number of sulfonamides is 1. The molecule has 2 saturated heterocycles. The van der Waals surface area contributed by atoms with Gasteiger partial charge in [-0.3, -0.25) is 4.79 Å². The number of piperazine rings is 2. The molecule has 228 valence electrons. The Kier molecular flexibility index (Phi) is 8.54. The van der Waals surface area contributed by atoms with Gasteiger partial charge in [0.2, 0.25) is 15.9 Å². The SMILES string of the molecule is CC1CN(c2ccc(S(=O)(=O)N3CC(=O)N(c4cc(-c5ccccc5)sc4C(=O)O)C(C4CCCCC4)C3)cn2)CCN1. The fraction of sp³-hybridized carbons (Fsp3) is 0.452. The summed E-state index contributed by atoms with van der Waals surface area (Å²) >= 11 is 1.14. The average molecular weight is 624 g/mol. The van der Waals surface area contributed by atoms with Crippen molar-refractivity contribution in [3.63, 3.8) is 0 Å². The van der Waals surface area contributed by atoms with Gasteiger partial charge in [0, 0.05) is 43.3 Å². The van der Waals surface area contributed by atoms with Crippen LogP contribution in [0.3, 0.4) is 0 Å². The summed E-state index contributed by atoms with van der Waals surface area (Å²) in [4.78, 5) is 35.5. The highest BCUT2D eigenvalue weighted by molar-refractivity contribution is 7.89. The van der Waals surface area contributed by atoms with Gasteiger partial charge in [0.1, 0.15) is 15.6 Å². The van der Waals surface area contributed by atoms with Crippen molar-refractivity contribution in [1.29, 1.82) is 0 Å². The molecule has 43 heavy (non-hydrogen) atoms. The highest BCUT2D eigenvalue weighted by Gasteiger charge is 2.44. The summed E-state index contributed by atoms with van der Waals surface area (Å²) in [5.74, 6) is -0.726. The first-order chi connectivity index (χ1) is 20.7. The van der Waals surface area contributed by atoms with Gasteiger partial charge in [-0.15, -0.1) is 11.3 Å². The summed E-state index contributed by atoms with van der Waals surface area (Å²) < 4.78 is 29.1. The second-order valence-corrected chi connectivity index (χ2v) is 14.7. The molecule has 3 aromatic rings. The van der Waals surface area contributed by atoms with Crippen LogP contribution in [0.4, 0.5) is 11.5 Å². The number of benzene rings is 1. The molecule has 2 unspecified atom stereocenters. The van der Waals surface area contributed by atoms with Crippen molar-refractivity contribution in [1.82, 2.24) is 14.6 Å². The number of nitrogens with one attached hydrogen (secondary N) is 1. The summed E-state index contributed by atoms with van der Waals surface area (Å²) in [5, 5.41) is 13.5. The highest BCUT2D eigenvalue weighted by Crippen LogP contribution is 2.42. The Labute approximate surface area is 256 Å². The highest BCUT2D eigenvalue weighted by atomic mass is 32.2. The van der Waals surface area contributed by atoms with Crippen LogP contribution in [0.25, 0.3) is 10.4 Å². The van der Waals surface area contributed by atoms with E-state index in [1.807, 2.05) is 30.3 Å². The van der Waals surface area contributed by atoms with E-state index in [1.165, 1.54) is 10.5 Å². The number of anilines is 2. The molecule has 2 aliphatic heterocycles. The molecule has 3 aliphatic rings. The fourth-order valence-corrected chi connectivity index (χ4v) is 8.95. The first-order valence-corrected chi connectivity index (χ1v) is 17.2. The first-order valence-electron chi connectivity index (χ1n) is 14.9. The van der Waals surface area contributed by atoms with Gasteiger partial charge in [0.05, 0.1) is 18.3 Å². The van der Waals surface area contributed by atoms with Gasteiger partial charge in [-0.2, -0.15) is 4.31 Å². The Hall–Kier alpha value is -3.32. The lowest BCUT2D eigenvalue weighted by atomic mass is 9.82. The maximum absolute atomic E-state index is 14.0. The normalized spacial score (nSPS) is 22.6. The second kappa shape index (κ2) is 12.4. The third kappa shape index (κ3) is 6.06. The molecule has 10 nitrogen and oxygen atoms in total. The zero-order chi connectivity index (χ0) is 30.1. The third-order valence-electron chi connectivity index (χ3n) is 8.77. The maximum atomic E-state index is 14.0. The van der Waals surface area contributed by atoms with Crippen molar-refractivity contribution in [2.24, 2.45) is 5.92 Å². The Morgan fingerprint density at radius 2 is 1.84 bits per heavy atom. The van der Waals surface area contributed by atoms with E-state index in [0.29, 0.717) is 11.7 Å². The number of hydrogen-bond acceptors (Lipinski definition) is 8. The summed E-state index contributed by atoms with van der Waals surface area (Å²) in [6, 6.07) is 14.4. The number of nitrogens with zero attached hydrogens (tertiary/aromatic N) is 4. The van der Waals surface area contributed by atoms with Crippen LogP contribution in [0.15, 0.2) is 59.6 Å². The van der Waals surface area contributed by atoms with E-state index in [2.05, 4.69) is 22.1 Å². The number of rotatable bonds is 7. The zero-order valence-corrected chi connectivity index (χ0v) is 25.8. The summed E-state index contributed by atoms with van der Waals surface area (Å²) in [6.07, 6.45) is 6.20. The first kappa shape index (κ1) is 29.7. The Morgan fingerprint density at radius 3 is 2.51 bits per heavy atom. The Balaban J connectivity index is 1.32.